The van der Waals surface area contributed by atoms with Gasteiger partial charge in [0.2, 0.25) is 5.91 Å². The number of rotatable bonds is 4. The Balaban J connectivity index is 1.18. The molecule has 1 fully saturated rings. The van der Waals surface area contributed by atoms with Gasteiger partial charge < -0.3 is 19.4 Å². The van der Waals surface area contributed by atoms with Crippen LogP contribution in [0.15, 0.2) is 48.2 Å². The molecule has 0 unspecified atom stereocenters. The second-order valence-corrected chi connectivity index (χ2v) is 9.56. The molecule has 1 amide bonds. The zero-order valence-corrected chi connectivity index (χ0v) is 19.9. The molecule has 9 nitrogen and oxygen atoms in total. The number of nitrogens with one attached hydrogen (secondary N) is 1. The van der Waals surface area contributed by atoms with Crippen molar-refractivity contribution >= 4 is 56.0 Å². The summed E-state index contributed by atoms with van der Waals surface area (Å²) in [5, 5.41) is 1.38. The number of para-hydroxylation sites is 2. The molecule has 1 atom stereocenters. The first-order valence-corrected chi connectivity index (χ1v) is 12.2. The van der Waals surface area contributed by atoms with Gasteiger partial charge in [-0.3, -0.25) is 4.79 Å². The van der Waals surface area contributed by atoms with E-state index in [0.717, 1.165) is 46.2 Å². The van der Waals surface area contributed by atoms with Crippen molar-refractivity contribution in [3.05, 3.63) is 53.4 Å². The summed E-state index contributed by atoms with van der Waals surface area (Å²) in [4.78, 5) is 38.7. The highest BCUT2D eigenvalue weighted by molar-refractivity contribution is 7.14. The van der Waals surface area contributed by atoms with E-state index >= 15 is 0 Å². The van der Waals surface area contributed by atoms with Crippen molar-refractivity contribution in [2.45, 2.75) is 19.5 Å². The number of aromatic nitrogens is 6. The van der Waals surface area contributed by atoms with Gasteiger partial charge in [0.05, 0.1) is 22.7 Å². The standard InChI is InChI=1S/C23H21ClN8OS/c1-14-11-31(23-20(26-13-34-23)21-27-15-4-2-3-5-16(15)28-21)8-9-32(14)19(33)12-30-7-6-17-22(30)29-18(24)10-25-17/h2-7,10,13-14H,8-9,11-12H2,1H3,(H,27,28)/t14-/m1/s1. The van der Waals surface area contributed by atoms with Gasteiger partial charge in [-0.15, -0.1) is 11.3 Å². The third-order valence-corrected chi connectivity index (χ3v) is 7.21. The van der Waals surface area contributed by atoms with E-state index in [4.69, 9.17) is 16.6 Å². The number of aromatic amines is 1. The van der Waals surface area contributed by atoms with Gasteiger partial charge in [-0.25, -0.2) is 19.9 Å². The molecule has 0 bridgehead atoms. The Labute approximate surface area is 204 Å². The average molecular weight is 493 g/mol. The van der Waals surface area contributed by atoms with Gasteiger partial charge in [0.15, 0.2) is 11.5 Å². The minimum absolute atomic E-state index is 0.0448. The maximum Gasteiger partial charge on any atom is 0.242 e. The van der Waals surface area contributed by atoms with E-state index < -0.39 is 0 Å². The molecular weight excluding hydrogens is 472 g/mol. The van der Waals surface area contributed by atoms with E-state index in [1.54, 1.807) is 15.9 Å². The number of imidazole rings is 1. The summed E-state index contributed by atoms with van der Waals surface area (Å²) in [5.41, 5.74) is 5.95. The molecule has 1 aliphatic heterocycles. The summed E-state index contributed by atoms with van der Waals surface area (Å²) in [7, 11) is 0. The number of anilines is 1. The van der Waals surface area contributed by atoms with Gasteiger partial charge in [-0.1, -0.05) is 23.7 Å². The lowest BCUT2D eigenvalue weighted by Gasteiger charge is -2.40. The van der Waals surface area contributed by atoms with Crippen molar-refractivity contribution < 1.29 is 4.79 Å². The summed E-state index contributed by atoms with van der Waals surface area (Å²) in [6.07, 6.45) is 3.34. The van der Waals surface area contributed by atoms with Crippen LogP contribution in [0.3, 0.4) is 0 Å². The highest BCUT2D eigenvalue weighted by Crippen LogP contribution is 2.34. The van der Waals surface area contributed by atoms with E-state index in [9.17, 15) is 4.79 Å². The van der Waals surface area contributed by atoms with Gasteiger partial charge in [0.25, 0.3) is 0 Å². The molecule has 0 saturated carbocycles. The Morgan fingerprint density at radius 2 is 2.06 bits per heavy atom. The normalized spacial score (nSPS) is 16.6. The SMILES string of the molecule is C[C@@H]1CN(c2scnc2-c2nc3ccccc3[nH]2)CCN1C(=O)Cn1ccc2ncc(Cl)nc21. The van der Waals surface area contributed by atoms with E-state index in [-0.39, 0.29) is 18.5 Å². The molecule has 172 valence electrons. The first-order chi connectivity index (χ1) is 16.6. The molecule has 1 aromatic carbocycles. The van der Waals surface area contributed by atoms with Crippen molar-refractivity contribution in [2.24, 2.45) is 0 Å². The minimum Gasteiger partial charge on any atom is -0.358 e. The summed E-state index contributed by atoms with van der Waals surface area (Å²) >= 11 is 7.60. The van der Waals surface area contributed by atoms with Crippen LogP contribution in [-0.2, 0) is 11.3 Å². The zero-order valence-electron chi connectivity index (χ0n) is 18.3. The largest absolute Gasteiger partial charge is 0.358 e. The number of carbonyl (C=O) groups is 1. The molecule has 1 aliphatic rings. The van der Waals surface area contributed by atoms with Gasteiger partial charge in [-0.05, 0) is 25.1 Å². The molecule has 0 aliphatic carbocycles. The molecule has 1 N–H and O–H groups in total. The fourth-order valence-corrected chi connectivity index (χ4v) is 5.46. The van der Waals surface area contributed by atoms with Crippen molar-refractivity contribution in [1.82, 2.24) is 34.4 Å². The number of thiazole rings is 1. The topological polar surface area (TPSA) is 95.8 Å². The predicted molar refractivity (Wildman–Crippen MR) is 133 cm³/mol. The lowest BCUT2D eigenvalue weighted by molar-refractivity contribution is -0.134. The Kier molecular flexibility index (Phi) is 5.19. The van der Waals surface area contributed by atoms with Crippen LogP contribution in [0, 0.1) is 0 Å². The molecule has 1 saturated heterocycles. The van der Waals surface area contributed by atoms with E-state index in [0.29, 0.717) is 17.3 Å². The summed E-state index contributed by atoms with van der Waals surface area (Å²) in [5.74, 6) is 0.816. The number of carbonyl (C=O) groups excluding carboxylic acids is 1. The number of halogens is 1. The Bertz CT molecular complexity index is 1470. The van der Waals surface area contributed by atoms with Crippen LogP contribution in [0.2, 0.25) is 5.15 Å². The van der Waals surface area contributed by atoms with Crippen LogP contribution in [0.1, 0.15) is 6.92 Å². The fraction of sp³-hybridized carbons (Fsp3) is 0.261. The molecule has 0 spiro atoms. The van der Waals surface area contributed by atoms with Crippen LogP contribution in [0.25, 0.3) is 33.7 Å². The first-order valence-electron chi connectivity index (χ1n) is 11.0. The van der Waals surface area contributed by atoms with Crippen molar-refractivity contribution in [1.29, 1.82) is 0 Å². The highest BCUT2D eigenvalue weighted by atomic mass is 35.5. The number of piperazine rings is 1. The van der Waals surface area contributed by atoms with Crippen LogP contribution < -0.4 is 4.90 Å². The molecule has 11 heteroatoms. The second kappa shape index (κ2) is 8.37. The zero-order chi connectivity index (χ0) is 23.2. The molecule has 5 aromatic rings. The van der Waals surface area contributed by atoms with E-state index in [1.165, 1.54) is 6.20 Å². The average Bonchev–Trinajstić information content (AvgIpc) is 3.57. The molecule has 34 heavy (non-hydrogen) atoms. The third kappa shape index (κ3) is 3.68. The van der Waals surface area contributed by atoms with Crippen molar-refractivity contribution in [2.75, 3.05) is 24.5 Å². The predicted octanol–water partition coefficient (Wildman–Crippen LogP) is 3.82. The smallest absolute Gasteiger partial charge is 0.242 e. The second-order valence-electron chi connectivity index (χ2n) is 8.34. The van der Waals surface area contributed by atoms with Crippen molar-refractivity contribution in [3.63, 3.8) is 0 Å². The molecule has 5 heterocycles. The minimum atomic E-state index is 0.0448. The van der Waals surface area contributed by atoms with Gasteiger partial charge in [0, 0.05) is 31.9 Å². The molecule has 6 rings (SSSR count). The van der Waals surface area contributed by atoms with E-state index in [2.05, 4.69) is 31.8 Å². The van der Waals surface area contributed by atoms with Crippen LogP contribution in [0.4, 0.5) is 5.00 Å². The maximum absolute atomic E-state index is 13.2. The summed E-state index contributed by atoms with van der Waals surface area (Å²) in [6, 6.07) is 9.85. The number of nitrogens with zero attached hydrogens (tertiary/aromatic N) is 7. The molecular formula is C23H21ClN8OS. The summed E-state index contributed by atoms with van der Waals surface area (Å²) in [6.45, 7) is 4.36. The van der Waals surface area contributed by atoms with Crippen LogP contribution in [0.5, 0.6) is 0 Å². The van der Waals surface area contributed by atoms with E-state index in [1.807, 2.05) is 46.9 Å². The fourth-order valence-electron chi connectivity index (χ4n) is 4.50. The third-order valence-electron chi connectivity index (χ3n) is 6.14. The number of H-pyrrole nitrogens is 1. The monoisotopic (exact) mass is 492 g/mol. The number of amides is 1. The number of hydrogen-bond donors (Lipinski definition) is 1. The lowest BCUT2D eigenvalue weighted by Crippen LogP contribution is -2.54. The molecule has 4 aromatic heterocycles. The van der Waals surface area contributed by atoms with Crippen LogP contribution >= 0.6 is 22.9 Å². The first kappa shape index (κ1) is 21.1. The number of fused-ring (bicyclic) bond motifs is 2. The number of hydrogen-bond acceptors (Lipinski definition) is 7. The Morgan fingerprint density at radius 1 is 1.18 bits per heavy atom. The van der Waals surface area contributed by atoms with Crippen LogP contribution in [-0.4, -0.2) is 66.0 Å². The lowest BCUT2D eigenvalue weighted by atomic mass is 10.2. The van der Waals surface area contributed by atoms with Crippen molar-refractivity contribution in [3.8, 4) is 11.5 Å². The van der Waals surface area contributed by atoms with Gasteiger partial charge >= 0.3 is 0 Å². The maximum atomic E-state index is 13.2. The van der Waals surface area contributed by atoms with Gasteiger partial charge in [-0.2, -0.15) is 0 Å². The quantitative estimate of drug-likeness (QED) is 0.409. The number of benzene rings is 1. The highest BCUT2D eigenvalue weighted by Gasteiger charge is 2.30. The Hall–Kier alpha value is -3.50. The molecule has 0 radical (unpaired) electrons. The van der Waals surface area contributed by atoms with Gasteiger partial charge in [0.1, 0.15) is 27.9 Å². The summed E-state index contributed by atoms with van der Waals surface area (Å²) < 4.78 is 1.80. The Morgan fingerprint density at radius 3 is 2.91 bits per heavy atom.